The van der Waals surface area contributed by atoms with E-state index < -0.39 is 5.97 Å². The van der Waals surface area contributed by atoms with Crippen LogP contribution < -0.4 is 5.32 Å². The zero-order chi connectivity index (χ0) is 13.8. The summed E-state index contributed by atoms with van der Waals surface area (Å²) in [6.07, 6.45) is 2.88. The predicted octanol–water partition coefficient (Wildman–Crippen LogP) is 2.23. The minimum atomic E-state index is -0.760. The Kier molecular flexibility index (Phi) is 4.20. The van der Waals surface area contributed by atoms with Crippen LogP contribution in [0.3, 0.4) is 0 Å². The molecular formula is C15H19NO3. The van der Waals surface area contributed by atoms with E-state index in [9.17, 15) is 9.59 Å². The van der Waals surface area contributed by atoms with Gasteiger partial charge in [-0.1, -0.05) is 19.1 Å². The Morgan fingerprint density at radius 2 is 1.95 bits per heavy atom. The van der Waals surface area contributed by atoms with E-state index in [4.69, 9.17) is 5.11 Å². The number of nitrogens with one attached hydrogen (secondary N) is 1. The molecule has 0 saturated heterocycles. The summed E-state index contributed by atoms with van der Waals surface area (Å²) in [5, 5.41) is 11.8. The summed E-state index contributed by atoms with van der Waals surface area (Å²) in [7, 11) is 0. The van der Waals surface area contributed by atoms with Crippen LogP contribution in [-0.2, 0) is 11.2 Å². The fourth-order valence-electron chi connectivity index (χ4n) is 2.50. The van der Waals surface area contributed by atoms with Crippen LogP contribution in [0.15, 0.2) is 24.3 Å². The van der Waals surface area contributed by atoms with Crippen molar-refractivity contribution in [2.45, 2.75) is 38.6 Å². The normalized spacial score (nSPS) is 22.2. The molecule has 0 bridgehead atoms. The van der Waals surface area contributed by atoms with Gasteiger partial charge in [0.15, 0.2) is 0 Å². The zero-order valence-electron chi connectivity index (χ0n) is 11.1. The van der Waals surface area contributed by atoms with E-state index in [0.29, 0.717) is 18.4 Å². The molecule has 19 heavy (non-hydrogen) atoms. The first-order valence-electron chi connectivity index (χ1n) is 6.72. The lowest BCUT2D eigenvalue weighted by atomic mass is 10.1. The van der Waals surface area contributed by atoms with Crippen molar-refractivity contribution in [3.05, 3.63) is 35.4 Å². The van der Waals surface area contributed by atoms with Crippen LogP contribution in [0.4, 0.5) is 0 Å². The fraction of sp³-hybridized carbons (Fsp3) is 0.467. The average molecular weight is 261 g/mol. The van der Waals surface area contributed by atoms with Crippen LogP contribution in [0.5, 0.6) is 0 Å². The fourth-order valence-corrected chi connectivity index (χ4v) is 2.50. The highest BCUT2D eigenvalue weighted by atomic mass is 16.4. The van der Waals surface area contributed by atoms with E-state index in [-0.39, 0.29) is 17.9 Å². The molecule has 0 unspecified atom stereocenters. The summed E-state index contributed by atoms with van der Waals surface area (Å²) in [5.41, 5.74) is 1.83. The standard InChI is InChI=1S/C15H19NO3/c1-2-10-3-5-11(6-4-10)14(17)16-13-8-7-12(9-13)15(18)19/h3-6,12-13H,2,7-9H2,1H3,(H,16,17)(H,18,19)/t12-,13+/m1/s1. The van der Waals surface area contributed by atoms with Crippen LogP contribution in [0.25, 0.3) is 0 Å². The number of hydrogen-bond acceptors (Lipinski definition) is 2. The van der Waals surface area contributed by atoms with Gasteiger partial charge >= 0.3 is 5.97 Å². The first-order valence-corrected chi connectivity index (χ1v) is 6.72. The molecule has 1 aliphatic carbocycles. The molecule has 1 amide bonds. The number of carbonyl (C=O) groups excluding carboxylic acids is 1. The van der Waals surface area contributed by atoms with E-state index >= 15 is 0 Å². The van der Waals surface area contributed by atoms with Gasteiger partial charge in [0, 0.05) is 11.6 Å². The maximum absolute atomic E-state index is 12.0. The lowest BCUT2D eigenvalue weighted by Gasteiger charge is -2.12. The van der Waals surface area contributed by atoms with Crippen LogP contribution in [0, 0.1) is 5.92 Å². The number of carboxylic acids is 1. The summed E-state index contributed by atoms with van der Waals surface area (Å²) in [6, 6.07) is 7.52. The third kappa shape index (κ3) is 3.34. The third-order valence-corrected chi connectivity index (χ3v) is 3.74. The molecule has 0 spiro atoms. The van der Waals surface area contributed by atoms with Gasteiger partial charge in [0.1, 0.15) is 0 Å². The van der Waals surface area contributed by atoms with Gasteiger partial charge in [-0.25, -0.2) is 0 Å². The molecular weight excluding hydrogens is 242 g/mol. The highest BCUT2D eigenvalue weighted by molar-refractivity contribution is 5.94. The van der Waals surface area contributed by atoms with Crippen molar-refractivity contribution in [2.24, 2.45) is 5.92 Å². The summed E-state index contributed by atoms with van der Waals surface area (Å²) < 4.78 is 0. The second-order valence-corrected chi connectivity index (χ2v) is 5.07. The van der Waals surface area contributed by atoms with Gasteiger partial charge in [-0.15, -0.1) is 0 Å². The van der Waals surface area contributed by atoms with Gasteiger partial charge < -0.3 is 10.4 Å². The number of aliphatic carboxylic acids is 1. The Morgan fingerprint density at radius 3 is 2.47 bits per heavy atom. The molecule has 1 saturated carbocycles. The van der Waals surface area contributed by atoms with Gasteiger partial charge in [0.05, 0.1) is 5.92 Å². The van der Waals surface area contributed by atoms with E-state index in [1.165, 1.54) is 5.56 Å². The molecule has 2 atom stereocenters. The Hall–Kier alpha value is -1.84. The summed E-state index contributed by atoms with van der Waals surface area (Å²) in [5.74, 6) is -1.18. The minimum Gasteiger partial charge on any atom is -0.481 e. The summed E-state index contributed by atoms with van der Waals surface area (Å²) in [4.78, 5) is 22.9. The molecule has 2 rings (SSSR count). The Balaban J connectivity index is 1.92. The molecule has 1 aliphatic rings. The molecule has 2 N–H and O–H groups in total. The average Bonchev–Trinajstić information content (AvgIpc) is 2.87. The van der Waals surface area contributed by atoms with Gasteiger partial charge in [0.2, 0.25) is 0 Å². The van der Waals surface area contributed by atoms with Crippen molar-refractivity contribution in [3.8, 4) is 0 Å². The largest absolute Gasteiger partial charge is 0.481 e. The maximum Gasteiger partial charge on any atom is 0.306 e. The Bertz CT molecular complexity index is 467. The smallest absolute Gasteiger partial charge is 0.306 e. The van der Waals surface area contributed by atoms with Gasteiger partial charge in [-0.3, -0.25) is 9.59 Å². The summed E-state index contributed by atoms with van der Waals surface area (Å²) in [6.45, 7) is 2.07. The topological polar surface area (TPSA) is 66.4 Å². The molecule has 4 heteroatoms. The van der Waals surface area contributed by atoms with Gasteiger partial charge in [0.25, 0.3) is 5.91 Å². The lowest BCUT2D eigenvalue weighted by molar-refractivity contribution is -0.141. The second kappa shape index (κ2) is 5.87. The van der Waals surface area contributed by atoms with Crippen molar-refractivity contribution in [3.63, 3.8) is 0 Å². The van der Waals surface area contributed by atoms with Crippen molar-refractivity contribution in [2.75, 3.05) is 0 Å². The van der Waals surface area contributed by atoms with Crippen molar-refractivity contribution < 1.29 is 14.7 Å². The van der Waals surface area contributed by atoms with Crippen molar-refractivity contribution in [1.82, 2.24) is 5.32 Å². The van der Waals surface area contributed by atoms with E-state index in [1.807, 2.05) is 24.3 Å². The lowest BCUT2D eigenvalue weighted by Crippen LogP contribution is -2.33. The Labute approximate surface area is 112 Å². The molecule has 0 heterocycles. The van der Waals surface area contributed by atoms with E-state index in [2.05, 4.69) is 12.2 Å². The van der Waals surface area contributed by atoms with E-state index in [1.54, 1.807) is 0 Å². The number of carboxylic acid groups (broad SMARTS) is 1. The molecule has 0 aliphatic heterocycles. The van der Waals surface area contributed by atoms with Crippen molar-refractivity contribution in [1.29, 1.82) is 0 Å². The molecule has 102 valence electrons. The quantitative estimate of drug-likeness (QED) is 0.873. The van der Waals surface area contributed by atoms with Crippen LogP contribution in [0.1, 0.15) is 42.1 Å². The SMILES string of the molecule is CCc1ccc(C(=O)N[C@H]2CC[C@@H](C(=O)O)C2)cc1. The molecule has 1 aromatic carbocycles. The number of aryl methyl sites for hydroxylation is 1. The van der Waals surface area contributed by atoms with E-state index in [0.717, 1.165) is 12.8 Å². The third-order valence-electron chi connectivity index (χ3n) is 3.74. The highest BCUT2D eigenvalue weighted by Gasteiger charge is 2.30. The van der Waals surface area contributed by atoms with Crippen molar-refractivity contribution >= 4 is 11.9 Å². The number of rotatable bonds is 4. The second-order valence-electron chi connectivity index (χ2n) is 5.07. The molecule has 0 radical (unpaired) electrons. The molecule has 1 fully saturated rings. The number of hydrogen-bond donors (Lipinski definition) is 2. The molecule has 4 nitrogen and oxygen atoms in total. The first kappa shape index (κ1) is 13.6. The maximum atomic E-state index is 12.0. The zero-order valence-corrected chi connectivity index (χ0v) is 11.1. The highest BCUT2D eigenvalue weighted by Crippen LogP contribution is 2.25. The Morgan fingerprint density at radius 1 is 1.26 bits per heavy atom. The van der Waals surface area contributed by atoms with Crippen LogP contribution >= 0.6 is 0 Å². The van der Waals surface area contributed by atoms with Crippen LogP contribution in [0.2, 0.25) is 0 Å². The monoisotopic (exact) mass is 261 g/mol. The number of amides is 1. The first-order chi connectivity index (χ1) is 9.10. The van der Waals surface area contributed by atoms with Gasteiger partial charge in [-0.05, 0) is 43.4 Å². The summed E-state index contributed by atoms with van der Waals surface area (Å²) >= 11 is 0. The number of carbonyl (C=O) groups is 2. The predicted molar refractivity (Wildman–Crippen MR) is 72.1 cm³/mol. The van der Waals surface area contributed by atoms with Crippen LogP contribution in [-0.4, -0.2) is 23.0 Å². The number of benzene rings is 1. The van der Waals surface area contributed by atoms with Gasteiger partial charge in [-0.2, -0.15) is 0 Å². The molecule has 1 aromatic rings. The minimum absolute atomic E-state index is 0.0144. The molecule has 0 aromatic heterocycles.